The summed E-state index contributed by atoms with van der Waals surface area (Å²) < 4.78 is 27.9. The third-order valence-corrected chi connectivity index (χ3v) is 5.45. The van der Waals surface area contributed by atoms with Crippen LogP contribution in [0.5, 0.6) is 0 Å². The SMILES string of the molecule is CN(Cc1nnc(C2CC2)n1C)S(=O)(=O)C=Cc1ccccc1. The second-order valence-corrected chi connectivity index (χ2v) is 7.75. The average molecular weight is 332 g/mol. The molecule has 23 heavy (non-hydrogen) atoms. The fraction of sp³-hybridized carbons (Fsp3) is 0.375. The molecular weight excluding hydrogens is 312 g/mol. The average Bonchev–Trinajstić information content (AvgIpc) is 3.32. The van der Waals surface area contributed by atoms with Crippen LogP contribution in [0.1, 0.15) is 36.0 Å². The van der Waals surface area contributed by atoms with Crippen LogP contribution in [0.15, 0.2) is 35.7 Å². The van der Waals surface area contributed by atoms with Gasteiger partial charge in [0.05, 0.1) is 6.54 Å². The summed E-state index contributed by atoms with van der Waals surface area (Å²) >= 11 is 0. The summed E-state index contributed by atoms with van der Waals surface area (Å²) in [5, 5.41) is 9.53. The summed E-state index contributed by atoms with van der Waals surface area (Å²) in [4.78, 5) is 0. The molecule has 0 spiro atoms. The summed E-state index contributed by atoms with van der Waals surface area (Å²) in [6, 6.07) is 9.35. The molecule has 1 fully saturated rings. The number of aromatic nitrogens is 3. The van der Waals surface area contributed by atoms with Gasteiger partial charge in [0.25, 0.3) is 0 Å². The molecule has 1 saturated carbocycles. The zero-order chi connectivity index (χ0) is 16.4. The van der Waals surface area contributed by atoms with Gasteiger partial charge in [0.1, 0.15) is 11.6 Å². The Hall–Kier alpha value is -1.99. The Morgan fingerprint density at radius 3 is 2.61 bits per heavy atom. The number of sulfonamides is 1. The lowest BCUT2D eigenvalue weighted by Crippen LogP contribution is -2.26. The fourth-order valence-electron chi connectivity index (χ4n) is 2.33. The van der Waals surface area contributed by atoms with Crippen LogP contribution in [0.25, 0.3) is 6.08 Å². The largest absolute Gasteiger partial charge is 0.317 e. The normalized spacial score (nSPS) is 15.6. The van der Waals surface area contributed by atoms with Gasteiger partial charge in [0.15, 0.2) is 0 Å². The highest BCUT2D eigenvalue weighted by Gasteiger charge is 2.29. The van der Waals surface area contributed by atoms with E-state index in [1.807, 2.05) is 41.9 Å². The van der Waals surface area contributed by atoms with Crippen molar-refractivity contribution in [1.82, 2.24) is 19.1 Å². The molecule has 0 amide bonds. The summed E-state index contributed by atoms with van der Waals surface area (Å²) in [6.45, 7) is 0.206. The molecule has 1 aliphatic rings. The minimum atomic E-state index is -3.50. The first-order chi connectivity index (χ1) is 11.0. The third-order valence-electron chi connectivity index (χ3n) is 3.97. The fourth-order valence-corrected chi connectivity index (χ4v) is 3.16. The van der Waals surface area contributed by atoms with E-state index in [4.69, 9.17) is 0 Å². The van der Waals surface area contributed by atoms with E-state index in [-0.39, 0.29) is 6.54 Å². The van der Waals surface area contributed by atoms with Crippen molar-refractivity contribution in [3.8, 4) is 0 Å². The van der Waals surface area contributed by atoms with Crippen molar-refractivity contribution in [2.75, 3.05) is 7.05 Å². The molecule has 122 valence electrons. The molecule has 6 nitrogen and oxygen atoms in total. The first-order valence-corrected chi connectivity index (χ1v) is 9.05. The number of rotatable bonds is 6. The van der Waals surface area contributed by atoms with Gasteiger partial charge in [-0.15, -0.1) is 10.2 Å². The first kappa shape index (κ1) is 15.9. The van der Waals surface area contributed by atoms with Gasteiger partial charge in [-0.05, 0) is 24.5 Å². The molecule has 0 aliphatic heterocycles. The molecule has 0 radical (unpaired) electrons. The Kier molecular flexibility index (Phi) is 4.32. The van der Waals surface area contributed by atoms with E-state index in [9.17, 15) is 8.42 Å². The van der Waals surface area contributed by atoms with E-state index >= 15 is 0 Å². The molecule has 7 heteroatoms. The van der Waals surface area contributed by atoms with Crippen LogP contribution in [0.3, 0.4) is 0 Å². The maximum atomic E-state index is 12.4. The number of nitrogens with zero attached hydrogens (tertiary/aromatic N) is 4. The van der Waals surface area contributed by atoms with Crippen LogP contribution in [0.4, 0.5) is 0 Å². The lowest BCUT2D eigenvalue weighted by molar-refractivity contribution is 0.457. The van der Waals surface area contributed by atoms with E-state index in [1.54, 1.807) is 13.1 Å². The second-order valence-electron chi connectivity index (χ2n) is 5.82. The molecule has 2 aromatic rings. The summed E-state index contributed by atoms with van der Waals surface area (Å²) in [6.07, 6.45) is 3.87. The maximum absolute atomic E-state index is 12.4. The Bertz CT molecular complexity index is 808. The second kappa shape index (κ2) is 6.25. The minimum Gasteiger partial charge on any atom is -0.317 e. The lowest BCUT2D eigenvalue weighted by Gasteiger charge is -2.14. The number of hydrogen-bond acceptors (Lipinski definition) is 4. The molecule has 0 atom stereocenters. The first-order valence-electron chi connectivity index (χ1n) is 7.55. The monoisotopic (exact) mass is 332 g/mol. The van der Waals surface area contributed by atoms with E-state index < -0.39 is 10.0 Å². The quantitative estimate of drug-likeness (QED) is 0.812. The van der Waals surface area contributed by atoms with Crippen molar-refractivity contribution in [2.45, 2.75) is 25.3 Å². The van der Waals surface area contributed by atoms with Gasteiger partial charge in [-0.1, -0.05) is 30.3 Å². The molecule has 1 aliphatic carbocycles. The van der Waals surface area contributed by atoms with Crippen LogP contribution in [-0.2, 0) is 23.6 Å². The molecule has 0 N–H and O–H groups in total. The smallest absolute Gasteiger partial charge is 0.236 e. The van der Waals surface area contributed by atoms with Gasteiger partial charge in [-0.3, -0.25) is 0 Å². The Morgan fingerprint density at radius 2 is 1.96 bits per heavy atom. The highest BCUT2D eigenvalue weighted by atomic mass is 32.2. The molecule has 0 saturated heterocycles. The summed E-state index contributed by atoms with van der Waals surface area (Å²) in [5.74, 6) is 2.10. The number of benzene rings is 1. The van der Waals surface area contributed by atoms with Crippen LogP contribution in [0, 0.1) is 0 Å². The van der Waals surface area contributed by atoms with Crippen LogP contribution in [-0.4, -0.2) is 34.5 Å². The molecule has 1 aromatic carbocycles. The lowest BCUT2D eigenvalue weighted by atomic mass is 10.2. The van der Waals surface area contributed by atoms with E-state index in [1.165, 1.54) is 9.71 Å². The van der Waals surface area contributed by atoms with E-state index in [0.717, 1.165) is 24.2 Å². The Morgan fingerprint density at radius 1 is 1.26 bits per heavy atom. The van der Waals surface area contributed by atoms with Crippen LogP contribution >= 0.6 is 0 Å². The molecule has 0 bridgehead atoms. The van der Waals surface area contributed by atoms with E-state index in [0.29, 0.717) is 11.7 Å². The number of hydrogen-bond donors (Lipinski definition) is 0. The predicted octanol–water partition coefficient (Wildman–Crippen LogP) is 2.12. The van der Waals surface area contributed by atoms with Gasteiger partial charge in [0, 0.05) is 25.4 Å². The molecule has 1 aromatic heterocycles. The van der Waals surface area contributed by atoms with Crippen molar-refractivity contribution < 1.29 is 8.42 Å². The summed E-state index contributed by atoms with van der Waals surface area (Å²) in [5.41, 5.74) is 0.846. The highest BCUT2D eigenvalue weighted by Crippen LogP contribution is 2.38. The molecule has 0 unspecified atom stereocenters. The van der Waals surface area contributed by atoms with Crippen LogP contribution < -0.4 is 0 Å². The van der Waals surface area contributed by atoms with Gasteiger partial charge in [-0.2, -0.15) is 4.31 Å². The third kappa shape index (κ3) is 3.68. The van der Waals surface area contributed by atoms with Crippen molar-refractivity contribution in [3.63, 3.8) is 0 Å². The van der Waals surface area contributed by atoms with Gasteiger partial charge in [0.2, 0.25) is 10.0 Å². The minimum absolute atomic E-state index is 0.206. The maximum Gasteiger partial charge on any atom is 0.236 e. The molecule has 1 heterocycles. The standard InChI is InChI=1S/C16H20N4O2S/c1-19(12-15-17-18-16(20(15)2)14-8-9-14)23(21,22)11-10-13-6-4-3-5-7-13/h3-7,10-11,14H,8-9,12H2,1-2H3. The van der Waals surface area contributed by atoms with Crippen LogP contribution in [0.2, 0.25) is 0 Å². The molecule has 3 rings (SSSR count). The van der Waals surface area contributed by atoms with Crippen molar-refractivity contribution in [2.24, 2.45) is 7.05 Å². The van der Waals surface area contributed by atoms with Gasteiger partial charge >= 0.3 is 0 Å². The van der Waals surface area contributed by atoms with Crippen molar-refractivity contribution in [3.05, 3.63) is 53.0 Å². The molecular formula is C16H20N4O2S. The predicted molar refractivity (Wildman–Crippen MR) is 88.8 cm³/mol. The van der Waals surface area contributed by atoms with E-state index in [2.05, 4.69) is 10.2 Å². The van der Waals surface area contributed by atoms with Crippen molar-refractivity contribution in [1.29, 1.82) is 0 Å². The topological polar surface area (TPSA) is 68.1 Å². The zero-order valence-corrected chi connectivity index (χ0v) is 14.1. The van der Waals surface area contributed by atoms with Gasteiger partial charge in [-0.25, -0.2) is 8.42 Å². The Labute approximate surface area is 136 Å². The zero-order valence-electron chi connectivity index (χ0n) is 13.3. The Balaban J connectivity index is 1.71. The highest BCUT2D eigenvalue weighted by molar-refractivity contribution is 7.92. The van der Waals surface area contributed by atoms with Crippen molar-refractivity contribution >= 4 is 16.1 Å². The van der Waals surface area contributed by atoms with Gasteiger partial charge < -0.3 is 4.57 Å². The summed E-state index contributed by atoms with van der Waals surface area (Å²) in [7, 11) is -0.0533.